The minimum absolute atomic E-state index is 0.671. The summed E-state index contributed by atoms with van der Waals surface area (Å²) in [6, 6.07) is 1.35. The van der Waals surface area contributed by atoms with Crippen molar-refractivity contribution in [3.8, 4) is 11.8 Å². The van der Waals surface area contributed by atoms with Crippen LogP contribution in [0.2, 0.25) is 0 Å². The molecule has 1 fully saturated rings. The minimum atomic E-state index is 0.671. The van der Waals surface area contributed by atoms with E-state index in [1.165, 1.54) is 13.0 Å². The van der Waals surface area contributed by atoms with Crippen molar-refractivity contribution in [2.75, 3.05) is 19.6 Å². The Morgan fingerprint density at radius 2 is 2.19 bits per heavy atom. The van der Waals surface area contributed by atoms with Crippen LogP contribution in [0.3, 0.4) is 0 Å². The van der Waals surface area contributed by atoms with E-state index in [9.17, 15) is 0 Å². The number of piperazine rings is 1. The van der Waals surface area contributed by atoms with Gasteiger partial charge in [-0.3, -0.25) is 4.90 Å². The standard InChI is InChI=1S/C14H26N2/c1-5-7-8-9-16-11-13(6-2)15-10-14(16)12(3)4/h12-15H,6,8-11H2,1-4H3. The molecule has 2 unspecified atom stereocenters. The van der Waals surface area contributed by atoms with Crippen LogP contribution >= 0.6 is 0 Å². The van der Waals surface area contributed by atoms with E-state index in [-0.39, 0.29) is 0 Å². The first-order chi connectivity index (χ1) is 7.69. The first-order valence-electron chi connectivity index (χ1n) is 6.56. The second-order valence-electron chi connectivity index (χ2n) is 5.00. The van der Waals surface area contributed by atoms with E-state index in [0.29, 0.717) is 12.1 Å². The maximum atomic E-state index is 3.64. The summed E-state index contributed by atoms with van der Waals surface area (Å²) in [6.07, 6.45) is 2.23. The highest BCUT2D eigenvalue weighted by Crippen LogP contribution is 2.16. The normalized spacial score (nSPS) is 26.6. The number of hydrogen-bond donors (Lipinski definition) is 1. The van der Waals surface area contributed by atoms with Gasteiger partial charge in [-0.05, 0) is 19.3 Å². The van der Waals surface area contributed by atoms with Crippen LogP contribution in [0.5, 0.6) is 0 Å². The Morgan fingerprint density at radius 3 is 2.75 bits per heavy atom. The van der Waals surface area contributed by atoms with E-state index in [1.807, 2.05) is 6.92 Å². The van der Waals surface area contributed by atoms with Crippen molar-refractivity contribution in [2.45, 2.75) is 52.6 Å². The number of rotatable bonds is 4. The molecule has 92 valence electrons. The van der Waals surface area contributed by atoms with Gasteiger partial charge in [0.15, 0.2) is 0 Å². The van der Waals surface area contributed by atoms with Gasteiger partial charge in [-0.2, -0.15) is 0 Å². The zero-order valence-corrected chi connectivity index (χ0v) is 11.2. The molecule has 1 aliphatic heterocycles. The Kier molecular flexibility index (Phi) is 5.87. The Hall–Kier alpha value is -0.520. The van der Waals surface area contributed by atoms with Crippen LogP contribution < -0.4 is 5.32 Å². The van der Waals surface area contributed by atoms with Crippen LogP contribution in [-0.2, 0) is 0 Å². The Morgan fingerprint density at radius 1 is 1.44 bits per heavy atom. The van der Waals surface area contributed by atoms with E-state index in [1.54, 1.807) is 0 Å². The highest BCUT2D eigenvalue weighted by atomic mass is 15.2. The number of nitrogens with zero attached hydrogens (tertiary/aromatic N) is 1. The molecule has 0 aromatic carbocycles. The number of hydrogen-bond acceptors (Lipinski definition) is 2. The van der Waals surface area contributed by atoms with Gasteiger partial charge in [-0.25, -0.2) is 0 Å². The molecule has 1 N–H and O–H groups in total. The van der Waals surface area contributed by atoms with E-state index < -0.39 is 0 Å². The molecule has 0 saturated carbocycles. The Balaban J connectivity index is 2.52. The summed E-state index contributed by atoms with van der Waals surface area (Å²) in [5, 5.41) is 3.64. The molecule has 0 bridgehead atoms. The lowest BCUT2D eigenvalue weighted by atomic mass is 9.97. The van der Waals surface area contributed by atoms with Gasteiger partial charge in [-0.1, -0.05) is 20.8 Å². The molecule has 1 heterocycles. The third-order valence-corrected chi connectivity index (χ3v) is 3.50. The first kappa shape index (κ1) is 13.5. The van der Waals surface area contributed by atoms with E-state index in [0.717, 1.165) is 25.4 Å². The average molecular weight is 222 g/mol. The molecule has 2 atom stereocenters. The molecule has 0 aromatic rings. The fourth-order valence-electron chi connectivity index (χ4n) is 2.41. The smallest absolute Gasteiger partial charge is 0.0244 e. The fraction of sp³-hybridized carbons (Fsp3) is 0.857. The summed E-state index contributed by atoms with van der Waals surface area (Å²) < 4.78 is 0. The maximum Gasteiger partial charge on any atom is 0.0244 e. The average Bonchev–Trinajstić information content (AvgIpc) is 2.29. The van der Waals surface area contributed by atoms with Gasteiger partial charge in [0.2, 0.25) is 0 Å². The van der Waals surface area contributed by atoms with Crippen molar-refractivity contribution < 1.29 is 0 Å². The second-order valence-corrected chi connectivity index (χ2v) is 5.00. The summed E-state index contributed by atoms with van der Waals surface area (Å²) in [7, 11) is 0. The summed E-state index contributed by atoms with van der Waals surface area (Å²) in [5.74, 6) is 6.88. The van der Waals surface area contributed by atoms with Gasteiger partial charge in [0.1, 0.15) is 0 Å². The first-order valence-corrected chi connectivity index (χ1v) is 6.56. The monoisotopic (exact) mass is 222 g/mol. The van der Waals surface area contributed by atoms with Crippen LogP contribution in [0.15, 0.2) is 0 Å². The highest BCUT2D eigenvalue weighted by molar-refractivity contribution is 4.97. The summed E-state index contributed by atoms with van der Waals surface area (Å²) in [6.45, 7) is 12.3. The number of nitrogens with one attached hydrogen (secondary N) is 1. The fourth-order valence-corrected chi connectivity index (χ4v) is 2.41. The zero-order valence-electron chi connectivity index (χ0n) is 11.2. The van der Waals surface area contributed by atoms with Crippen LogP contribution in [-0.4, -0.2) is 36.6 Å². The molecule has 16 heavy (non-hydrogen) atoms. The Bertz CT molecular complexity index is 249. The van der Waals surface area contributed by atoms with Crippen molar-refractivity contribution in [3.63, 3.8) is 0 Å². The molecule has 1 saturated heterocycles. The zero-order chi connectivity index (χ0) is 12.0. The lowest BCUT2D eigenvalue weighted by molar-refractivity contribution is 0.0998. The molecular formula is C14H26N2. The molecular weight excluding hydrogens is 196 g/mol. The van der Waals surface area contributed by atoms with Crippen molar-refractivity contribution in [3.05, 3.63) is 0 Å². The third kappa shape index (κ3) is 3.81. The molecule has 1 aliphatic rings. The molecule has 0 aliphatic carbocycles. The van der Waals surface area contributed by atoms with E-state index >= 15 is 0 Å². The van der Waals surface area contributed by atoms with E-state index in [4.69, 9.17) is 0 Å². The van der Waals surface area contributed by atoms with Gasteiger partial charge < -0.3 is 5.32 Å². The topological polar surface area (TPSA) is 15.3 Å². The summed E-state index contributed by atoms with van der Waals surface area (Å²) >= 11 is 0. The van der Waals surface area contributed by atoms with Gasteiger partial charge in [-0.15, -0.1) is 11.8 Å². The molecule has 1 rings (SSSR count). The summed E-state index contributed by atoms with van der Waals surface area (Å²) in [4.78, 5) is 2.62. The van der Waals surface area contributed by atoms with Gasteiger partial charge in [0.05, 0.1) is 0 Å². The van der Waals surface area contributed by atoms with Crippen LogP contribution in [0.1, 0.15) is 40.5 Å². The van der Waals surface area contributed by atoms with Gasteiger partial charge >= 0.3 is 0 Å². The van der Waals surface area contributed by atoms with Crippen molar-refractivity contribution in [2.24, 2.45) is 5.92 Å². The Labute approximate surface area is 101 Å². The lowest BCUT2D eigenvalue weighted by Crippen LogP contribution is -2.58. The van der Waals surface area contributed by atoms with Crippen LogP contribution in [0, 0.1) is 17.8 Å². The second kappa shape index (κ2) is 6.93. The molecule has 2 heteroatoms. The maximum absolute atomic E-state index is 3.64. The van der Waals surface area contributed by atoms with Gasteiger partial charge in [0.25, 0.3) is 0 Å². The molecule has 0 radical (unpaired) electrons. The molecule has 0 spiro atoms. The molecule has 0 amide bonds. The van der Waals surface area contributed by atoms with Gasteiger partial charge in [0, 0.05) is 38.1 Å². The summed E-state index contributed by atoms with van der Waals surface area (Å²) in [5.41, 5.74) is 0. The predicted molar refractivity (Wildman–Crippen MR) is 70.3 cm³/mol. The van der Waals surface area contributed by atoms with Crippen molar-refractivity contribution in [1.82, 2.24) is 10.2 Å². The minimum Gasteiger partial charge on any atom is -0.311 e. The van der Waals surface area contributed by atoms with Crippen LogP contribution in [0.4, 0.5) is 0 Å². The van der Waals surface area contributed by atoms with Crippen molar-refractivity contribution >= 4 is 0 Å². The molecule has 2 nitrogen and oxygen atoms in total. The van der Waals surface area contributed by atoms with E-state index in [2.05, 4.69) is 42.8 Å². The highest BCUT2D eigenvalue weighted by Gasteiger charge is 2.28. The quantitative estimate of drug-likeness (QED) is 0.733. The third-order valence-electron chi connectivity index (χ3n) is 3.50. The lowest BCUT2D eigenvalue weighted by Gasteiger charge is -2.42. The van der Waals surface area contributed by atoms with Crippen molar-refractivity contribution in [1.29, 1.82) is 0 Å². The largest absolute Gasteiger partial charge is 0.311 e. The SMILES string of the molecule is CC#CCCN1CC(CC)NCC1C(C)C. The predicted octanol–water partition coefficient (Wildman–Crippen LogP) is 2.11. The van der Waals surface area contributed by atoms with Crippen LogP contribution in [0.25, 0.3) is 0 Å². The molecule has 0 aromatic heterocycles.